The van der Waals surface area contributed by atoms with E-state index in [9.17, 15) is 0 Å². The molecule has 1 aromatic rings. The van der Waals surface area contributed by atoms with Gasteiger partial charge in [0.05, 0.1) is 5.56 Å². The molecule has 0 unspecified atom stereocenters. The van der Waals surface area contributed by atoms with Crippen molar-refractivity contribution < 1.29 is 0 Å². The number of nitrogens with zero attached hydrogens (tertiary/aromatic N) is 2. The van der Waals surface area contributed by atoms with Crippen LogP contribution in [0.1, 0.15) is 26.3 Å². The zero-order valence-electron chi connectivity index (χ0n) is 9.55. The second-order valence-corrected chi connectivity index (χ2v) is 4.48. The Morgan fingerprint density at radius 3 is 2.53 bits per heavy atom. The fourth-order valence-electron chi connectivity index (χ4n) is 1.22. The molecule has 0 saturated heterocycles. The fraction of sp³-hybridized carbons (Fsp3) is 0.444. The number of anilines is 2. The van der Waals surface area contributed by atoms with Gasteiger partial charge in [-0.2, -0.15) is 0 Å². The van der Waals surface area contributed by atoms with Crippen molar-refractivity contribution in [1.82, 2.24) is 9.97 Å². The first-order valence-corrected chi connectivity index (χ1v) is 4.75. The van der Waals surface area contributed by atoms with Gasteiger partial charge < -0.3 is 16.5 Å². The van der Waals surface area contributed by atoms with Crippen LogP contribution in [0.25, 0.3) is 0 Å². The first-order valence-electron chi connectivity index (χ1n) is 4.75. The highest BCUT2D eigenvalue weighted by Gasteiger charge is 2.16. The van der Waals surface area contributed by atoms with Crippen LogP contribution in [-0.2, 0) is 0 Å². The van der Waals surface area contributed by atoms with E-state index in [2.05, 4.69) is 15.3 Å². The maximum atomic E-state index is 7.62. The lowest BCUT2D eigenvalue weighted by molar-refractivity contribution is 0.630. The minimum absolute atomic E-state index is 0.120. The molecule has 0 aliphatic heterocycles. The molecule has 0 aromatic carbocycles. The second kappa shape index (κ2) is 3.88. The van der Waals surface area contributed by atoms with Crippen molar-refractivity contribution in [3.05, 3.63) is 11.9 Å². The largest absolute Gasteiger partial charge is 0.383 e. The van der Waals surface area contributed by atoms with Crippen LogP contribution in [0.4, 0.5) is 11.6 Å². The summed E-state index contributed by atoms with van der Waals surface area (Å²) in [5, 5.41) is 10.8. The van der Waals surface area contributed by atoms with E-state index in [1.165, 1.54) is 6.33 Å². The molecular weight excluding hydrogens is 189 g/mol. The van der Waals surface area contributed by atoms with Crippen LogP contribution in [0.5, 0.6) is 0 Å². The van der Waals surface area contributed by atoms with Crippen molar-refractivity contribution in [3.8, 4) is 0 Å². The van der Waals surface area contributed by atoms with Crippen LogP contribution in [0, 0.1) is 5.41 Å². The molecule has 6 heteroatoms. The first kappa shape index (κ1) is 11.5. The van der Waals surface area contributed by atoms with Gasteiger partial charge in [0.2, 0.25) is 0 Å². The number of hydrogen-bond acceptors (Lipinski definition) is 5. The van der Waals surface area contributed by atoms with Crippen LogP contribution >= 0.6 is 0 Å². The van der Waals surface area contributed by atoms with Gasteiger partial charge in [0.1, 0.15) is 18.0 Å². The molecule has 5 nitrogen and oxygen atoms in total. The summed E-state index contributed by atoms with van der Waals surface area (Å²) in [6, 6.07) is 0. The van der Waals surface area contributed by atoms with E-state index in [-0.39, 0.29) is 5.54 Å². The number of nitrogens with one attached hydrogen (secondary N) is 2. The van der Waals surface area contributed by atoms with Crippen molar-refractivity contribution in [2.75, 3.05) is 11.1 Å². The zero-order valence-corrected chi connectivity index (χ0v) is 9.55. The van der Waals surface area contributed by atoms with Crippen LogP contribution in [0.2, 0.25) is 0 Å². The molecule has 1 heterocycles. The maximum Gasteiger partial charge on any atom is 0.164 e. The summed E-state index contributed by atoms with van der Waals surface area (Å²) in [4.78, 5) is 7.98. The molecule has 0 aliphatic rings. The lowest BCUT2D eigenvalue weighted by atomic mass is 9.93. The Morgan fingerprint density at radius 1 is 1.47 bits per heavy atom. The molecule has 0 bridgehead atoms. The van der Waals surface area contributed by atoms with Crippen molar-refractivity contribution in [2.24, 2.45) is 0 Å². The molecule has 0 radical (unpaired) electrons. The van der Waals surface area contributed by atoms with Crippen molar-refractivity contribution >= 4 is 25.1 Å². The Kier molecular flexibility index (Phi) is 2.97. The van der Waals surface area contributed by atoms with Crippen molar-refractivity contribution in [1.29, 1.82) is 5.41 Å². The molecule has 0 amide bonds. The summed E-state index contributed by atoms with van der Waals surface area (Å²) in [7, 11) is 1.67. The van der Waals surface area contributed by atoms with Gasteiger partial charge in [-0.1, -0.05) is 0 Å². The molecule has 0 spiro atoms. The summed E-state index contributed by atoms with van der Waals surface area (Å²) < 4.78 is 0. The van der Waals surface area contributed by atoms with Crippen LogP contribution < -0.4 is 11.1 Å². The lowest BCUT2D eigenvalue weighted by Gasteiger charge is -2.23. The molecule has 1 aromatic heterocycles. The third-order valence-corrected chi connectivity index (χ3v) is 1.75. The van der Waals surface area contributed by atoms with Gasteiger partial charge in [-0.15, -0.1) is 0 Å². The smallest absolute Gasteiger partial charge is 0.164 e. The first-order chi connectivity index (χ1) is 6.81. The second-order valence-electron chi connectivity index (χ2n) is 4.48. The van der Waals surface area contributed by atoms with E-state index >= 15 is 0 Å². The van der Waals surface area contributed by atoms with E-state index in [4.69, 9.17) is 11.1 Å². The minimum atomic E-state index is -0.120. The van der Waals surface area contributed by atoms with E-state index in [1.807, 2.05) is 20.8 Å². The minimum Gasteiger partial charge on any atom is -0.383 e. The normalized spacial score (nSPS) is 11.1. The Hall–Kier alpha value is -1.59. The Morgan fingerprint density at radius 2 is 2.07 bits per heavy atom. The Labute approximate surface area is 90.4 Å². The summed E-state index contributed by atoms with van der Waals surface area (Å²) in [6.45, 7) is 6.07. The van der Waals surface area contributed by atoms with Crippen LogP contribution in [0.15, 0.2) is 6.33 Å². The zero-order chi connectivity index (χ0) is 11.6. The highest BCUT2D eigenvalue weighted by Crippen LogP contribution is 2.20. The van der Waals surface area contributed by atoms with Gasteiger partial charge in [0.25, 0.3) is 0 Å². The summed E-state index contributed by atoms with van der Waals surface area (Å²) >= 11 is 0. The van der Waals surface area contributed by atoms with Crippen molar-refractivity contribution in [2.45, 2.75) is 26.3 Å². The standard InChI is InChI=1S/C9H16BN5/c1-9(2,3)15-8-5(6(10)11)7(12)13-4-14-8/h4,11H,10H2,1-3H3,(H3,12,13,14,15). The molecular formula is C9H16BN5. The SMILES string of the molecule is BC(=N)c1c(N)ncnc1NC(C)(C)C. The fourth-order valence-corrected chi connectivity index (χ4v) is 1.22. The van der Waals surface area contributed by atoms with E-state index < -0.39 is 0 Å². The quantitative estimate of drug-likeness (QED) is 0.476. The van der Waals surface area contributed by atoms with E-state index in [0.717, 1.165) is 0 Å². The van der Waals surface area contributed by atoms with Crippen LogP contribution in [-0.4, -0.2) is 29.0 Å². The highest BCUT2D eigenvalue weighted by atomic mass is 15.1. The predicted molar refractivity (Wildman–Crippen MR) is 65.2 cm³/mol. The average molecular weight is 205 g/mol. The molecule has 15 heavy (non-hydrogen) atoms. The number of aromatic nitrogens is 2. The highest BCUT2D eigenvalue weighted by molar-refractivity contribution is 6.64. The Balaban J connectivity index is 3.18. The van der Waals surface area contributed by atoms with Gasteiger partial charge in [0.15, 0.2) is 7.85 Å². The van der Waals surface area contributed by atoms with E-state index in [0.29, 0.717) is 22.8 Å². The van der Waals surface area contributed by atoms with Gasteiger partial charge in [-0.3, -0.25) is 0 Å². The van der Waals surface area contributed by atoms with Gasteiger partial charge in [-0.25, -0.2) is 9.97 Å². The molecule has 0 atom stereocenters. The average Bonchev–Trinajstić information content (AvgIpc) is 1.99. The molecule has 4 N–H and O–H groups in total. The molecule has 0 aliphatic carbocycles. The third kappa shape index (κ3) is 2.94. The number of nitrogen functional groups attached to an aromatic ring is 1. The number of nitrogens with two attached hydrogens (primary N) is 1. The molecule has 80 valence electrons. The monoisotopic (exact) mass is 205 g/mol. The lowest BCUT2D eigenvalue weighted by Crippen LogP contribution is -2.28. The predicted octanol–water partition coefficient (Wildman–Crippen LogP) is 0.228. The third-order valence-electron chi connectivity index (χ3n) is 1.75. The van der Waals surface area contributed by atoms with Crippen LogP contribution in [0.3, 0.4) is 0 Å². The van der Waals surface area contributed by atoms with Gasteiger partial charge in [0, 0.05) is 11.1 Å². The number of rotatable bonds is 2. The molecule has 0 saturated carbocycles. The molecule has 0 fully saturated rings. The topological polar surface area (TPSA) is 87.7 Å². The molecule has 1 rings (SSSR count). The summed E-state index contributed by atoms with van der Waals surface area (Å²) in [5.41, 5.74) is 6.53. The summed E-state index contributed by atoms with van der Waals surface area (Å²) in [5.74, 6) is 0.951. The van der Waals surface area contributed by atoms with Gasteiger partial charge >= 0.3 is 0 Å². The number of hydrogen-bond donors (Lipinski definition) is 3. The van der Waals surface area contributed by atoms with Crippen molar-refractivity contribution in [3.63, 3.8) is 0 Å². The maximum absolute atomic E-state index is 7.62. The van der Waals surface area contributed by atoms with Gasteiger partial charge in [-0.05, 0) is 20.8 Å². The van der Waals surface area contributed by atoms with E-state index in [1.54, 1.807) is 7.85 Å². The summed E-state index contributed by atoms with van der Waals surface area (Å²) in [6.07, 6.45) is 1.40. The Bertz CT molecular complexity index is 383.